The van der Waals surface area contributed by atoms with Gasteiger partial charge in [-0.3, -0.25) is 19.3 Å². The van der Waals surface area contributed by atoms with Crippen molar-refractivity contribution in [3.8, 4) is 0 Å². The predicted octanol–water partition coefficient (Wildman–Crippen LogP) is 2.74. The Morgan fingerprint density at radius 1 is 1.35 bits per heavy atom. The second-order valence-corrected chi connectivity index (χ2v) is 6.19. The van der Waals surface area contributed by atoms with Crippen molar-refractivity contribution in [3.63, 3.8) is 0 Å². The Hall–Kier alpha value is -1.89. The molecule has 106 valence electrons. The molecule has 0 aromatic carbocycles. The summed E-state index contributed by atoms with van der Waals surface area (Å²) in [6.45, 7) is 6.02. The molecule has 0 aliphatic carbocycles. The third kappa shape index (κ3) is 2.67. The van der Waals surface area contributed by atoms with E-state index in [1.807, 2.05) is 20.8 Å². The zero-order valence-electron chi connectivity index (χ0n) is 11.4. The van der Waals surface area contributed by atoms with Crippen LogP contribution < -0.4 is 5.56 Å². The van der Waals surface area contributed by atoms with Crippen molar-refractivity contribution in [1.29, 1.82) is 0 Å². The summed E-state index contributed by atoms with van der Waals surface area (Å²) in [6.07, 6.45) is 1.48. The molecule has 20 heavy (non-hydrogen) atoms. The van der Waals surface area contributed by atoms with Gasteiger partial charge in [-0.25, -0.2) is 4.98 Å². The molecular weight excluding hydrogens is 278 g/mol. The summed E-state index contributed by atoms with van der Waals surface area (Å²) in [4.78, 5) is 27.0. The third-order valence-electron chi connectivity index (χ3n) is 3.10. The first-order valence-corrected chi connectivity index (χ1v) is 7.12. The molecular formula is C13H15N3O3S. The van der Waals surface area contributed by atoms with E-state index in [9.17, 15) is 14.9 Å². The van der Waals surface area contributed by atoms with Gasteiger partial charge >= 0.3 is 11.2 Å². The summed E-state index contributed by atoms with van der Waals surface area (Å²) >= 11 is 1.27. The van der Waals surface area contributed by atoms with Crippen molar-refractivity contribution >= 4 is 23.1 Å². The van der Waals surface area contributed by atoms with Crippen LogP contribution in [0.2, 0.25) is 0 Å². The lowest BCUT2D eigenvalue weighted by atomic mass is 10.2. The topological polar surface area (TPSA) is 77.5 Å². The molecule has 0 aliphatic heterocycles. The molecule has 0 bridgehead atoms. The van der Waals surface area contributed by atoms with Gasteiger partial charge in [0.15, 0.2) is 5.03 Å². The molecule has 0 N–H and O–H groups in total. The SMILES string of the molecule is CC(C)C(C)Sc1nc2ccccn2c(=O)c1[N+](=O)[O-]. The van der Waals surface area contributed by atoms with E-state index in [4.69, 9.17) is 0 Å². The summed E-state index contributed by atoms with van der Waals surface area (Å²) in [6, 6.07) is 5.05. The summed E-state index contributed by atoms with van der Waals surface area (Å²) in [5.74, 6) is 0.329. The highest BCUT2D eigenvalue weighted by molar-refractivity contribution is 8.00. The van der Waals surface area contributed by atoms with Gasteiger partial charge in [0.2, 0.25) is 0 Å². The van der Waals surface area contributed by atoms with E-state index < -0.39 is 16.2 Å². The Morgan fingerprint density at radius 2 is 2.05 bits per heavy atom. The van der Waals surface area contributed by atoms with Crippen molar-refractivity contribution in [1.82, 2.24) is 9.38 Å². The molecule has 0 aliphatic rings. The zero-order valence-corrected chi connectivity index (χ0v) is 12.3. The van der Waals surface area contributed by atoms with Crippen LogP contribution in [-0.2, 0) is 0 Å². The fraction of sp³-hybridized carbons (Fsp3) is 0.385. The first kappa shape index (κ1) is 14.5. The van der Waals surface area contributed by atoms with Crippen LogP contribution in [0.4, 0.5) is 5.69 Å². The van der Waals surface area contributed by atoms with E-state index in [2.05, 4.69) is 4.98 Å². The van der Waals surface area contributed by atoms with Gasteiger partial charge in [-0.2, -0.15) is 0 Å². The smallest absolute Gasteiger partial charge is 0.262 e. The minimum absolute atomic E-state index is 0.131. The monoisotopic (exact) mass is 293 g/mol. The molecule has 0 saturated carbocycles. The average Bonchev–Trinajstić information content (AvgIpc) is 2.38. The summed E-state index contributed by atoms with van der Waals surface area (Å²) in [5, 5.41) is 11.5. The summed E-state index contributed by atoms with van der Waals surface area (Å²) in [7, 11) is 0. The van der Waals surface area contributed by atoms with Crippen LogP contribution in [0.15, 0.2) is 34.2 Å². The van der Waals surface area contributed by atoms with Gasteiger partial charge in [0.1, 0.15) is 5.65 Å². The molecule has 0 fully saturated rings. The van der Waals surface area contributed by atoms with Crippen LogP contribution in [0.1, 0.15) is 20.8 Å². The maximum atomic E-state index is 12.2. The molecule has 0 amide bonds. The Labute approximate surface area is 120 Å². The number of hydrogen-bond acceptors (Lipinski definition) is 5. The van der Waals surface area contributed by atoms with Gasteiger partial charge in [0.25, 0.3) is 0 Å². The van der Waals surface area contributed by atoms with Crippen LogP contribution in [0.25, 0.3) is 5.65 Å². The number of pyridine rings is 1. The first-order chi connectivity index (χ1) is 9.41. The highest BCUT2D eigenvalue weighted by Gasteiger charge is 2.25. The maximum Gasteiger partial charge on any atom is 0.366 e. The van der Waals surface area contributed by atoms with Crippen LogP contribution in [0.3, 0.4) is 0 Å². The van der Waals surface area contributed by atoms with Crippen molar-refractivity contribution < 1.29 is 4.92 Å². The van der Waals surface area contributed by atoms with Crippen LogP contribution in [0, 0.1) is 16.0 Å². The number of thioether (sulfide) groups is 1. The van der Waals surface area contributed by atoms with E-state index in [1.54, 1.807) is 18.2 Å². The van der Waals surface area contributed by atoms with Crippen LogP contribution >= 0.6 is 11.8 Å². The number of rotatable bonds is 4. The molecule has 6 nitrogen and oxygen atoms in total. The number of nitro groups is 1. The third-order valence-corrected chi connectivity index (χ3v) is 4.52. The summed E-state index contributed by atoms with van der Waals surface area (Å²) in [5.41, 5.74) is -0.674. The normalized spacial score (nSPS) is 12.8. The second-order valence-electron chi connectivity index (χ2n) is 4.82. The van der Waals surface area contributed by atoms with E-state index in [1.165, 1.54) is 22.4 Å². The number of hydrogen-bond donors (Lipinski definition) is 0. The average molecular weight is 293 g/mol. The minimum atomic E-state index is -0.649. The lowest BCUT2D eigenvalue weighted by molar-refractivity contribution is -0.389. The Kier molecular flexibility index (Phi) is 4.08. The molecule has 7 heteroatoms. The molecule has 2 aromatic heterocycles. The van der Waals surface area contributed by atoms with Crippen LogP contribution in [0.5, 0.6) is 0 Å². The lowest BCUT2D eigenvalue weighted by Gasteiger charge is -2.14. The van der Waals surface area contributed by atoms with E-state index in [-0.39, 0.29) is 10.3 Å². The Balaban J connectivity index is 2.66. The number of nitrogens with zero attached hydrogens (tertiary/aromatic N) is 3. The fourth-order valence-corrected chi connectivity index (χ4v) is 2.65. The van der Waals surface area contributed by atoms with E-state index in [0.29, 0.717) is 11.6 Å². The molecule has 0 radical (unpaired) electrons. The molecule has 2 aromatic rings. The molecule has 2 rings (SSSR count). The van der Waals surface area contributed by atoms with Gasteiger partial charge in [0.05, 0.1) is 4.92 Å². The predicted molar refractivity (Wildman–Crippen MR) is 78.3 cm³/mol. The quantitative estimate of drug-likeness (QED) is 0.375. The molecule has 2 heterocycles. The minimum Gasteiger partial charge on any atom is -0.262 e. The van der Waals surface area contributed by atoms with Crippen LogP contribution in [-0.4, -0.2) is 19.6 Å². The highest BCUT2D eigenvalue weighted by Crippen LogP contribution is 2.31. The van der Waals surface area contributed by atoms with E-state index >= 15 is 0 Å². The zero-order chi connectivity index (χ0) is 14.9. The fourth-order valence-electron chi connectivity index (χ4n) is 1.61. The van der Waals surface area contributed by atoms with Gasteiger partial charge in [0, 0.05) is 11.4 Å². The molecule has 0 saturated heterocycles. The molecule has 1 unspecified atom stereocenters. The largest absolute Gasteiger partial charge is 0.366 e. The van der Waals surface area contributed by atoms with Gasteiger partial charge in [-0.1, -0.05) is 38.6 Å². The number of fused-ring (bicyclic) bond motifs is 1. The highest BCUT2D eigenvalue weighted by atomic mass is 32.2. The van der Waals surface area contributed by atoms with Gasteiger partial charge in [-0.15, -0.1) is 0 Å². The first-order valence-electron chi connectivity index (χ1n) is 6.24. The standard InChI is InChI=1S/C13H15N3O3S/c1-8(2)9(3)20-12-11(16(18)19)13(17)15-7-5-4-6-10(15)14-12/h4-9H,1-3H3. The van der Waals surface area contributed by atoms with Crippen molar-refractivity contribution in [3.05, 3.63) is 44.9 Å². The van der Waals surface area contributed by atoms with Crippen molar-refractivity contribution in [2.75, 3.05) is 0 Å². The summed E-state index contributed by atoms with van der Waals surface area (Å²) < 4.78 is 1.20. The van der Waals surface area contributed by atoms with Crippen molar-refractivity contribution in [2.24, 2.45) is 5.92 Å². The number of aromatic nitrogens is 2. The molecule has 1 atom stereocenters. The molecule has 0 spiro atoms. The Morgan fingerprint density at radius 3 is 2.65 bits per heavy atom. The second kappa shape index (κ2) is 5.62. The lowest BCUT2D eigenvalue weighted by Crippen LogP contribution is -2.20. The Bertz CT molecular complexity index is 712. The van der Waals surface area contributed by atoms with Gasteiger partial charge < -0.3 is 0 Å². The van der Waals surface area contributed by atoms with Crippen molar-refractivity contribution in [2.45, 2.75) is 31.0 Å². The van der Waals surface area contributed by atoms with E-state index in [0.717, 1.165) is 0 Å². The van der Waals surface area contributed by atoms with Gasteiger partial charge in [-0.05, 0) is 18.1 Å². The maximum absolute atomic E-state index is 12.2.